The van der Waals surface area contributed by atoms with Gasteiger partial charge in [0.2, 0.25) is 0 Å². The number of nitrogens with two attached hydrogens (primary N) is 1. The van der Waals surface area contributed by atoms with Crippen molar-refractivity contribution in [1.82, 2.24) is 4.57 Å². The van der Waals surface area contributed by atoms with Crippen molar-refractivity contribution in [2.24, 2.45) is 0 Å². The number of nitrogen functional groups attached to an aromatic ring is 1. The Balaban J connectivity index is 1.87. The predicted octanol–water partition coefficient (Wildman–Crippen LogP) is 4.82. The van der Waals surface area contributed by atoms with Crippen LogP contribution in [0.2, 0.25) is 0 Å². The van der Waals surface area contributed by atoms with Crippen molar-refractivity contribution in [3.05, 3.63) is 94.3 Å². The molecular weight excluding hydrogens is 440 g/mol. The highest BCUT2D eigenvalue weighted by Crippen LogP contribution is 2.35. The van der Waals surface area contributed by atoms with E-state index in [0.717, 1.165) is 0 Å². The molecule has 0 saturated heterocycles. The van der Waals surface area contributed by atoms with Gasteiger partial charge in [-0.25, -0.2) is 8.78 Å². The molecule has 6 nitrogen and oxygen atoms in total. The van der Waals surface area contributed by atoms with Gasteiger partial charge in [-0.1, -0.05) is 36.4 Å². The zero-order valence-corrected chi connectivity index (χ0v) is 18.5. The maximum Gasteiger partial charge on any atom is 0.260 e. The molecule has 0 aliphatic heterocycles. The van der Waals surface area contributed by atoms with Crippen molar-refractivity contribution >= 4 is 28.2 Å². The molecular formula is C26H23F2N3O3. The van der Waals surface area contributed by atoms with Gasteiger partial charge < -0.3 is 15.8 Å². The second kappa shape index (κ2) is 9.84. The number of carbonyl (C=O) groups is 1. The Bertz CT molecular complexity index is 1430. The lowest BCUT2D eigenvalue weighted by Gasteiger charge is -2.18. The quantitative estimate of drug-likeness (QED) is 0.385. The maximum atomic E-state index is 14.7. The summed E-state index contributed by atoms with van der Waals surface area (Å²) in [6.07, 6.45) is 0.520. The highest BCUT2D eigenvalue weighted by molar-refractivity contribution is 6.07. The molecule has 0 fully saturated rings. The van der Waals surface area contributed by atoms with Crippen LogP contribution >= 0.6 is 0 Å². The summed E-state index contributed by atoms with van der Waals surface area (Å²) in [6.45, 7) is 0.680. The number of halogens is 2. The second-order valence-electron chi connectivity index (χ2n) is 7.74. The van der Waals surface area contributed by atoms with Crippen LogP contribution in [0.5, 0.6) is 0 Å². The molecule has 1 aromatic heterocycles. The van der Waals surface area contributed by atoms with E-state index >= 15 is 0 Å². The summed E-state index contributed by atoms with van der Waals surface area (Å²) >= 11 is 0. The van der Waals surface area contributed by atoms with E-state index in [-0.39, 0.29) is 34.4 Å². The fourth-order valence-electron chi connectivity index (χ4n) is 3.92. The molecule has 0 atom stereocenters. The standard InChI is InChI=1S/C26H23F2N3O3/c1-34-14-6-13-31-24(29)23(18-7-2-4-9-21(18)27)17-12-11-16(15-20(17)26(31)33)30-25(32)19-8-3-5-10-22(19)28/h2-5,7-12,15H,6,13-14,29H2,1H3,(H,30,32). The zero-order valence-electron chi connectivity index (χ0n) is 18.5. The van der Waals surface area contributed by atoms with Crippen LogP contribution in [0.1, 0.15) is 16.8 Å². The first-order chi connectivity index (χ1) is 16.4. The lowest BCUT2D eigenvalue weighted by atomic mass is 9.98. The first-order valence-electron chi connectivity index (χ1n) is 10.7. The van der Waals surface area contributed by atoms with E-state index in [9.17, 15) is 18.4 Å². The number of amides is 1. The van der Waals surface area contributed by atoms with Gasteiger partial charge in [0.05, 0.1) is 5.56 Å². The summed E-state index contributed by atoms with van der Waals surface area (Å²) < 4.78 is 35.2. The summed E-state index contributed by atoms with van der Waals surface area (Å²) in [5.74, 6) is -1.64. The average Bonchev–Trinajstić information content (AvgIpc) is 2.83. The zero-order chi connectivity index (χ0) is 24.2. The topological polar surface area (TPSA) is 86.3 Å². The SMILES string of the molecule is COCCCn1c(N)c(-c2ccccc2F)c2ccc(NC(=O)c3ccccc3F)cc2c1=O. The number of aromatic nitrogens is 1. The van der Waals surface area contributed by atoms with Crippen molar-refractivity contribution in [3.8, 4) is 11.1 Å². The van der Waals surface area contributed by atoms with E-state index < -0.39 is 17.5 Å². The van der Waals surface area contributed by atoms with Crippen LogP contribution in [0.3, 0.4) is 0 Å². The molecule has 8 heteroatoms. The molecule has 1 heterocycles. The van der Waals surface area contributed by atoms with E-state index in [1.165, 1.54) is 34.9 Å². The number of hydrogen-bond donors (Lipinski definition) is 2. The Morgan fingerprint density at radius 3 is 2.41 bits per heavy atom. The van der Waals surface area contributed by atoms with E-state index in [4.69, 9.17) is 10.5 Å². The molecule has 0 radical (unpaired) electrons. The molecule has 1 amide bonds. The molecule has 3 aromatic carbocycles. The van der Waals surface area contributed by atoms with E-state index in [1.54, 1.807) is 43.5 Å². The molecule has 4 rings (SSSR count). The number of hydrogen-bond acceptors (Lipinski definition) is 4. The Kier molecular flexibility index (Phi) is 6.70. The minimum atomic E-state index is -0.657. The summed E-state index contributed by atoms with van der Waals surface area (Å²) in [4.78, 5) is 25.9. The smallest absolute Gasteiger partial charge is 0.260 e. The Hall–Kier alpha value is -4.04. The number of methoxy groups -OCH3 is 1. The van der Waals surface area contributed by atoms with Crippen LogP contribution in [-0.2, 0) is 11.3 Å². The van der Waals surface area contributed by atoms with Gasteiger partial charge >= 0.3 is 0 Å². The molecule has 0 bridgehead atoms. The van der Waals surface area contributed by atoms with Crippen LogP contribution < -0.4 is 16.6 Å². The predicted molar refractivity (Wildman–Crippen MR) is 129 cm³/mol. The normalized spacial score (nSPS) is 11.0. The van der Waals surface area contributed by atoms with Crippen LogP contribution in [0.15, 0.2) is 71.5 Å². The Morgan fingerprint density at radius 2 is 1.71 bits per heavy atom. The largest absolute Gasteiger partial charge is 0.385 e. The molecule has 174 valence electrons. The fourth-order valence-corrected chi connectivity index (χ4v) is 3.92. The molecule has 0 saturated carbocycles. The molecule has 0 unspecified atom stereocenters. The van der Waals surface area contributed by atoms with Gasteiger partial charge in [-0.2, -0.15) is 0 Å². The minimum Gasteiger partial charge on any atom is -0.385 e. The van der Waals surface area contributed by atoms with Gasteiger partial charge in [0, 0.05) is 42.5 Å². The van der Waals surface area contributed by atoms with Crippen molar-refractivity contribution in [2.45, 2.75) is 13.0 Å². The summed E-state index contributed by atoms with van der Waals surface area (Å²) in [5.41, 5.74) is 6.82. The molecule has 0 aliphatic rings. The minimum absolute atomic E-state index is 0.121. The average molecular weight is 463 g/mol. The summed E-state index contributed by atoms with van der Waals surface area (Å²) in [5, 5.41) is 3.31. The van der Waals surface area contributed by atoms with Gasteiger partial charge in [0.25, 0.3) is 11.5 Å². The van der Waals surface area contributed by atoms with Crippen LogP contribution in [0, 0.1) is 11.6 Å². The Labute approximate surface area is 194 Å². The highest BCUT2D eigenvalue weighted by atomic mass is 19.1. The number of benzene rings is 3. The third-order valence-electron chi connectivity index (χ3n) is 5.56. The molecule has 0 aliphatic carbocycles. The third kappa shape index (κ3) is 4.40. The summed E-state index contributed by atoms with van der Waals surface area (Å²) in [7, 11) is 1.56. The van der Waals surface area contributed by atoms with Crippen molar-refractivity contribution in [3.63, 3.8) is 0 Å². The number of fused-ring (bicyclic) bond motifs is 1. The fraction of sp³-hybridized carbons (Fsp3) is 0.154. The molecule has 4 aromatic rings. The number of anilines is 2. The van der Waals surface area contributed by atoms with E-state index in [2.05, 4.69) is 5.32 Å². The van der Waals surface area contributed by atoms with E-state index in [1.807, 2.05) is 0 Å². The summed E-state index contributed by atoms with van der Waals surface area (Å²) in [6, 6.07) is 16.4. The lowest BCUT2D eigenvalue weighted by Crippen LogP contribution is -2.25. The first kappa shape index (κ1) is 23.1. The van der Waals surface area contributed by atoms with Gasteiger partial charge in [0.15, 0.2) is 0 Å². The van der Waals surface area contributed by atoms with Gasteiger partial charge in [-0.15, -0.1) is 0 Å². The van der Waals surface area contributed by atoms with Gasteiger partial charge in [-0.05, 0) is 42.1 Å². The van der Waals surface area contributed by atoms with Crippen molar-refractivity contribution in [1.29, 1.82) is 0 Å². The number of nitrogens with zero attached hydrogens (tertiary/aromatic N) is 1. The number of carbonyl (C=O) groups excluding carboxylic acids is 1. The van der Waals surface area contributed by atoms with Crippen LogP contribution in [0.4, 0.5) is 20.3 Å². The monoisotopic (exact) mass is 463 g/mol. The Morgan fingerprint density at radius 1 is 1.00 bits per heavy atom. The van der Waals surface area contributed by atoms with Crippen LogP contribution in [-0.4, -0.2) is 24.2 Å². The maximum absolute atomic E-state index is 14.7. The third-order valence-corrected chi connectivity index (χ3v) is 5.56. The number of nitrogens with one attached hydrogen (secondary N) is 1. The molecule has 0 spiro atoms. The van der Waals surface area contributed by atoms with Gasteiger partial charge in [-0.3, -0.25) is 14.2 Å². The number of pyridine rings is 1. The number of ether oxygens (including phenoxy) is 1. The van der Waals surface area contributed by atoms with Crippen molar-refractivity contribution < 1.29 is 18.3 Å². The molecule has 34 heavy (non-hydrogen) atoms. The highest BCUT2D eigenvalue weighted by Gasteiger charge is 2.19. The lowest BCUT2D eigenvalue weighted by molar-refractivity contribution is 0.102. The van der Waals surface area contributed by atoms with Crippen molar-refractivity contribution in [2.75, 3.05) is 24.8 Å². The first-order valence-corrected chi connectivity index (χ1v) is 10.7. The number of rotatable bonds is 7. The van der Waals surface area contributed by atoms with Crippen LogP contribution in [0.25, 0.3) is 21.9 Å². The van der Waals surface area contributed by atoms with Gasteiger partial charge in [0.1, 0.15) is 17.5 Å². The molecule has 3 N–H and O–H groups in total. The van der Waals surface area contributed by atoms with E-state index in [0.29, 0.717) is 29.7 Å². The second-order valence-corrected chi connectivity index (χ2v) is 7.74.